The lowest BCUT2D eigenvalue weighted by Gasteiger charge is -2.19. The summed E-state index contributed by atoms with van der Waals surface area (Å²) in [6.07, 6.45) is 0.973. The van der Waals surface area contributed by atoms with E-state index in [2.05, 4.69) is 4.98 Å². The van der Waals surface area contributed by atoms with E-state index in [0.717, 1.165) is 0 Å². The molecule has 0 aromatic carbocycles. The number of anilines is 1. The quantitative estimate of drug-likeness (QED) is 0.693. The molecule has 2 heterocycles. The number of carbonyl (C=O) groups is 2. The summed E-state index contributed by atoms with van der Waals surface area (Å²) in [7, 11) is 0. The highest BCUT2D eigenvalue weighted by molar-refractivity contribution is 5.87. The molecule has 0 aliphatic carbocycles. The Balaban J connectivity index is 2.19. The number of carbonyl (C=O) groups excluding carboxylic acids is 1. The Morgan fingerprint density at radius 1 is 1.67 bits per heavy atom. The molecule has 7 heteroatoms. The molecule has 3 N–H and O–H groups in total. The molecule has 1 saturated heterocycles. The number of aromatic carboxylic acids is 1. The van der Waals surface area contributed by atoms with Crippen LogP contribution in [0.25, 0.3) is 0 Å². The highest BCUT2D eigenvalue weighted by atomic mass is 16.5. The van der Waals surface area contributed by atoms with E-state index in [4.69, 9.17) is 15.6 Å². The van der Waals surface area contributed by atoms with E-state index in [1.165, 1.54) is 12.3 Å². The van der Waals surface area contributed by atoms with Crippen LogP contribution >= 0.6 is 0 Å². The van der Waals surface area contributed by atoms with Gasteiger partial charge in [-0.05, 0) is 12.1 Å². The number of aromatic nitrogens is 1. The zero-order chi connectivity index (χ0) is 13.1. The van der Waals surface area contributed by atoms with Crippen molar-refractivity contribution in [2.75, 3.05) is 18.0 Å². The normalized spacial score (nSPS) is 23.1. The number of carboxylic acid groups (broad SMARTS) is 1. The van der Waals surface area contributed by atoms with Crippen molar-refractivity contribution in [1.29, 1.82) is 0 Å². The maximum absolute atomic E-state index is 10.9. The number of pyridine rings is 1. The third kappa shape index (κ3) is 2.31. The number of nitrogens with zero attached hydrogens (tertiary/aromatic N) is 2. The lowest BCUT2D eigenvalue weighted by Crippen LogP contribution is -2.32. The van der Waals surface area contributed by atoms with E-state index in [0.29, 0.717) is 25.2 Å². The van der Waals surface area contributed by atoms with Gasteiger partial charge in [0.25, 0.3) is 0 Å². The van der Waals surface area contributed by atoms with Crippen LogP contribution in [0, 0.1) is 0 Å². The fraction of sp³-hybridized carbons (Fsp3) is 0.364. The molecule has 1 aromatic rings. The number of aldehydes is 1. The largest absolute Gasteiger partial charge is 0.478 e. The Morgan fingerprint density at radius 3 is 2.94 bits per heavy atom. The Morgan fingerprint density at radius 2 is 2.44 bits per heavy atom. The lowest BCUT2D eigenvalue weighted by atomic mass is 10.2. The molecular formula is C11H13N3O4. The first-order valence-corrected chi connectivity index (χ1v) is 5.42. The minimum Gasteiger partial charge on any atom is -0.478 e. The first-order valence-electron chi connectivity index (χ1n) is 5.42. The van der Waals surface area contributed by atoms with Crippen molar-refractivity contribution in [2.45, 2.75) is 12.3 Å². The van der Waals surface area contributed by atoms with E-state index in [1.54, 1.807) is 11.0 Å². The van der Waals surface area contributed by atoms with Gasteiger partial charge in [-0.3, -0.25) is 4.79 Å². The second-order valence-electron chi connectivity index (χ2n) is 3.88. The van der Waals surface area contributed by atoms with Gasteiger partial charge < -0.3 is 20.5 Å². The van der Waals surface area contributed by atoms with Crippen LogP contribution < -0.4 is 10.6 Å². The summed E-state index contributed by atoms with van der Waals surface area (Å²) in [5.74, 6) is -0.549. The van der Waals surface area contributed by atoms with E-state index in [1.807, 2.05) is 0 Å². The molecule has 1 aliphatic rings. The number of hydrogen-bond acceptors (Lipinski definition) is 6. The predicted octanol–water partition coefficient (Wildman–Crippen LogP) is -0.531. The number of ether oxygens (including phenoxy) is 1. The molecule has 2 rings (SSSR count). The van der Waals surface area contributed by atoms with Crippen LogP contribution in [0.1, 0.15) is 10.4 Å². The second-order valence-corrected chi connectivity index (χ2v) is 3.88. The molecule has 18 heavy (non-hydrogen) atoms. The molecule has 0 spiro atoms. The van der Waals surface area contributed by atoms with Crippen molar-refractivity contribution in [2.24, 2.45) is 5.73 Å². The maximum atomic E-state index is 10.9. The summed E-state index contributed by atoms with van der Waals surface area (Å²) in [6.45, 7) is 0.771. The number of carboxylic acids is 1. The minimum atomic E-state index is -1.04. The molecule has 0 bridgehead atoms. The predicted molar refractivity (Wildman–Crippen MR) is 62.3 cm³/mol. The fourth-order valence-electron chi connectivity index (χ4n) is 1.78. The van der Waals surface area contributed by atoms with Crippen LogP contribution in [0.3, 0.4) is 0 Å². The third-order valence-corrected chi connectivity index (χ3v) is 2.71. The van der Waals surface area contributed by atoms with Gasteiger partial charge in [-0.2, -0.15) is 0 Å². The Bertz CT molecular complexity index is 448. The molecule has 7 nitrogen and oxygen atoms in total. The van der Waals surface area contributed by atoms with Crippen molar-refractivity contribution in [3.05, 3.63) is 23.9 Å². The van der Waals surface area contributed by atoms with E-state index < -0.39 is 12.2 Å². The van der Waals surface area contributed by atoms with Crippen LogP contribution in [0.15, 0.2) is 18.3 Å². The average Bonchev–Trinajstić information content (AvgIpc) is 2.82. The van der Waals surface area contributed by atoms with Gasteiger partial charge in [-0.25, -0.2) is 9.78 Å². The van der Waals surface area contributed by atoms with Gasteiger partial charge in [0.2, 0.25) is 0 Å². The minimum absolute atomic E-state index is 0.0943. The van der Waals surface area contributed by atoms with Gasteiger partial charge in [-0.1, -0.05) is 0 Å². The molecule has 96 valence electrons. The molecule has 1 aromatic heterocycles. The lowest BCUT2D eigenvalue weighted by molar-refractivity contribution is -0.117. The summed E-state index contributed by atoms with van der Waals surface area (Å²) in [4.78, 5) is 27.3. The van der Waals surface area contributed by atoms with Gasteiger partial charge >= 0.3 is 5.97 Å². The van der Waals surface area contributed by atoms with Crippen LogP contribution in [-0.2, 0) is 9.53 Å². The van der Waals surface area contributed by atoms with Crippen LogP contribution in [-0.4, -0.2) is 47.8 Å². The van der Waals surface area contributed by atoms with E-state index in [-0.39, 0.29) is 11.7 Å². The third-order valence-electron chi connectivity index (χ3n) is 2.71. The maximum Gasteiger partial charge on any atom is 0.337 e. The van der Waals surface area contributed by atoms with Crippen LogP contribution in [0.5, 0.6) is 0 Å². The Labute approximate surface area is 103 Å². The zero-order valence-corrected chi connectivity index (χ0v) is 9.52. The molecule has 1 aliphatic heterocycles. The van der Waals surface area contributed by atoms with Crippen molar-refractivity contribution < 1.29 is 19.4 Å². The van der Waals surface area contributed by atoms with E-state index in [9.17, 15) is 9.59 Å². The van der Waals surface area contributed by atoms with Crippen molar-refractivity contribution >= 4 is 18.1 Å². The monoisotopic (exact) mass is 251 g/mol. The van der Waals surface area contributed by atoms with Gasteiger partial charge in [-0.15, -0.1) is 0 Å². The van der Waals surface area contributed by atoms with Gasteiger partial charge in [0.15, 0.2) is 12.5 Å². The summed E-state index contributed by atoms with van der Waals surface area (Å²) in [5, 5.41) is 8.77. The highest BCUT2D eigenvalue weighted by Crippen LogP contribution is 2.21. The van der Waals surface area contributed by atoms with Crippen LogP contribution in [0.2, 0.25) is 0 Å². The summed E-state index contributed by atoms with van der Waals surface area (Å²) in [6, 6.07) is 2.98. The van der Waals surface area contributed by atoms with Crippen molar-refractivity contribution in [3.8, 4) is 0 Å². The van der Waals surface area contributed by atoms with Gasteiger partial charge in [0, 0.05) is 19.3 Å². The van der Waals surface area contributed by atoms with Gasteiger partial charge in [0.05, 0.1) is 11.7 Å². The molecule has 1 unspecified atom stereocenters. The molecular weight excluding hydrogens is 238 g/mol. The first-order chi connectivity index (χ1) is 8.65. The molecule has 0 radical (unpaired) electrons. The summed E-state index contributed by atoms with van der Waals surface area (Å²) < 4.78 is 5.38. The number of rotatable bonds is 4. The molecule has 0 amide bonds. The summed E-state index contributed by atoms with van der Waals surface area (Å²) >= 11 is 0. The Kier molecular flexibility index (Phi) is 3.54. The Hall–Kier alpha value is -1.99. The first kappa shape index (κ1) is 12.5. The topological polar surface area (TPSA) is 106 Å². The van der Waals surface area contributed by atoms with E-state index >= 15 is 0 Å². The second kappa shape index (κ2) is 5.11. The molecule has 2 atom stereocenters. The standard InChI is InChI=1S/C11H13N3O4/c12-3-8-5-14(10(6-15)18-8)9-2-1-7(4-13-9)11(16)17/h1-2,4,6,8,10H,3,5,12H2,(H,16,17)/t8-,10?/m0/s1. The fourth-order valence-corrected chi connectivity index (χ4v) is 1.78. The smallest absolute Gasteiger partial charge is 0.337 e. The van der Waals surface area contributed by atoms with Crippen molar-refractivity contribution in [3.63, 3.8) is 0 Å². The van der Waals surface area contributed by atoms with Crippen molar-refractivity contribution in [1.82, 2.24) is 4.98 Å². The van der Waals surface area contributed by atoms with Gasteiger partial charge in [0.1, 0.15) is 5.82 Å². The molecule has 0 saturated carbocycles. The average molecular weight is 251 g/mol. The number of nitrogens with two attached hydrogens (primary N) is 1. The highest BCUT2D eigenvalue weighted by Gasteiger charge is 2.32. The SMILES string of the molecule is NC[C@H]1CN(c2ccc(C(=O)O)cn2)C(C=O)O1. The van der Waals surface area contributed by atoms with Crippen LogP contribution in [0.4, 0.5) is 5.82 Å². The number of hydrogen-bond donors (Lipinski definition) is 2. The summed E-state index contributed by atoms with van der Waals surface area (Å²) in [5.41, 5.74) is 5.58. The zero-order valence-electron chi connectivity index (χ0n) is 9.52. The molecule has 1 fully saturated rings.